The van der Waals surface area contributed by atoms with Gasteiger partial charge in [-0.15, -0.1) is 0 Å². The van der Waals surface area contributed by atoms with E-state index >= 15 is 0 Å². The van der Waals surface area contributed by atoms with E-state index in [2.05, 4.69) is 22.1 Å². The van der Waals surface area contributed by atoms with E-state index in [1.54, 1.807) is 25.4 Å². The Kier molecular flexibility index (Phi) is 7.77. The highest BCUT2D eigenvalue weighted by Crippen LogP contribution is 2.29. The van der Waals surface area contributed by atoms with Gasteiger partial charge in [0.2, 0.25) is 5.88 Å². The molecule has 1 aromatic carbocycles. The molecule has 0 radical (unpaired) electrons. The fourth-order valence-corrected chi connectivity index (χ4v) is 3.53. The number of anilines is 1. The molecule has 0 atom stereocenters. The van der Waals surface area contributed by atoms with Crippen LogP contribution in [0.25, 0.3) is 0 Å². The Bertz CT molecular complexity index is 913. The summed E-state index contributed by atoms with van der Waals surface area (Å²) < 4.78 is 10.6. The number of nitro benzene ring substituents is 1. The number of nitro groups is 1. The summed E-state index contributed by atoms with van der Waals surface area (Å²) in [5, 5.41) is 14.1. The number of methoxy groups -OCH3 is 1. The van der Waals surface area contributed by atoms with Crippen LogP contribution in [0.15, 0.2) is 36.5 Å². The second-order valence-corrected chi connectivity index (χ2v) is 7.62. The molecule has 31 heavy (non-hydrogen) atoms. The Labute approximate surface area is 181 Å². The first kappa shape index (κ1) is 22.5. The summed E-state index contributed by atoms with van der Waals surface area (Å²) in [6.07, 6.45) is 3.66. The molecule has 9 nitrogen and oxygen atoms in total. The number of pyridine rings is 1. The average Bonchev–Trinajstić information content (AvgIpc) is 2.78. The minimum atomic E-state index is -0.484. The Morgan fingerprint density at radius 2 is 2.06 bits per heavy atom. The summed E-state index contributed by atoms with van der Waals surface area (Å²) in [5.41, 5.74) is 1.63. The van der Waals surface area contributed by atoms with E-state index in [4.69, 9.17) is 9.47 Å². The predicted molar refractivity (Wildman–Crippen MR) is 116 cm³/mol. The summed E-state index contributed by atoms with van der Waals surface area (Å²) in [6, 6.07) is 8.05. The number of ether oxygens (including phenoxy) is 2. The Morgan fingerprint density at radius 3 is 2.77 bits per heavy atom. The topological polar surface area (TPSA) is 107 Å². The molecular weight excluding hydrogens is 400 g/mol. The van der Waals surface area contributed by atoms with E-state index in [0.717, 1.165) is 31.6 Å². The number of carbonyl (C=O) groups excluding carboxylic acids is 1. The molecule has 0 unspecified atom stereocenters. The van der Waals surface area contributed by atoms with Gasteiger partial charge in [0, 0.05) is 50.6 Å². The van der Waals surface area contributed by atoms with Crippen LogP contribution < -0.4 is 15.0 Å². The van der Waals surface area contributed by atoms with Gasteiger partial charge in [-0.25, -0.2) is 4.98 Å². The van der Waals surface area contributed by atoms with Gasteiger partial charge in [-0.3, -0.25) is 14.9 Å². The molecule has 1 aromatic heterocycles. The van der Waals surface area contributed by atoms with Crippen LogP contribution in [0, 0.1) is 16.0 Å². The first-order valence-electron chi connectivity index (χ1n) is 10.4. The van der Waals surface area contributed by atoms with E-state index in [-0.39, 0.29) is 18.1 Å². The zero-order valence-electron chi connectivity index (χ0n) is 17.9. The lowest BCUT2D eigenvalue weighted by atomic mass is 9.98. The average molecular weight is 428 g/mol. The Morgan fingerprint density at radius 1 is 1.29 bits per heavy atom. The number of piperidine rings is 1. The highest BCUT2D eigenvalue weighted by atomic mass is 16.6. The normalized spacial score (nSPS) is 14.3. The molecule has 1 amide bonds. The zero-order valence-corrected chi connectivity index (χ0v) is 17.9. The largest absolute Gasteiger partial charge is 0.475 e. The lowest BCUT2D eigenvalue weighted by Gasteiger charge is -2.33. The van der Waals surface area contributed by atoms with Crippen LogP contribution in [0.1, 0.15) is 35.7 Å². The molecule has 9 heteroatoms. The molecule has 1 saturated heterocycles. The van der Waals surface area contributed by atoms with E-state index < -0.39 is 4.92 Å². The number of hydrogen-bond acceptors (Lipinski definition) is 7. The number of rotatable bonds is 9. The summed E-state index contributed by atoms with van der Waals surface area (Å²) >= 11 is 0. The van der Waals surface area contributed by atoms with Gasteiger partial charge >= 0.3 is 0 Å². The van der Waals surface area contributed by atoms with Crippen LogP contribution in [-0.4, -0.2) is 49.2 Å². The van der Waals surface area contributed by atoms with Gasteiger partial charge in [-0.05, 0) is 30.9 Å². The van der Waals surface area contributed by atoms with Crippen LogP contribution in [0.3, 0.4) is 0 Å². The molecule has 3 rings (SSSR count). The van der Waals surface area contributed by atoms with E-state index in [9.17, 15) is 14.9 Å². The van der Waals surface area contributed by atoms with Crippen molar-refractivity contribution in [3.8, 4) is 5.88 Å². The minimum absolute atomic E-state index is 0.107. The molecule has 1 aliphatic heterocycles. The fraction of sp³-hybridized carbons (Fsp3) is 0.455. The van der Waals surface area contributed by atoms with Gasteiger partial charge in [0.05, 0.1) is 22.8 Å². The lowest BCUT2D eigenvalue weighted by molar-refractivity contribution is -0.384. The van der Waals surface area contributed by atoms with Crippen molar-refractivity contribution in [3.05, 3.63) is 57.8 Å². The molecule has 2 aromatic rings. The van der Waals surface area contributed by atoms with Crippen LogP contribution >= 0.6 is 0 Å². The zero-order chi connectivity index (χ0) is 22.2. The van der Waals surface area contributed by atoms with Crippen molar-refractivity contribution in [3.63, 3.8) is 0 Å². The van der Waals surface area contributed by atoms with Crippen molar-refractivity contribution < 1.29 is 19.2 Å². The van der Waals surface area contributed by atoms with Gasteiger partial charge < -0.3 is 19.7 Å². The number of nitrogens with one attached hydrogen (secondary N) is 1. The first-order chi connectivity index (χ1) is 15.0. The number of carbonyl (C=O) groups is 1. The smallest absolute Gasteiger partial charge is 0.270 e. The van der Waals surface area contributed by atoms with Crippen LogP contribution in [-0.2, 0) is 11.3 Å². The molecule has 2 heterocycles. The molecule has 0 bridgehead atoms. The molecule has 166 valence electrons. The second kappa shape index (κ2) is 10.7. The van der Waals surface area contributed by atoms with Crippen molar-refractivity contribution in [2.75, 3.05) is 38.3 Å². The quantitative estimate of drug-likeness (QED) is 0.371. The molecule has 0 spiro atoms. The van der Waals surface area contributed by atoms with Gasteiger partial charge in [-0.2, -0.15) is 0 Å². The summed E-state index contributed by atoms with van der Waals surface area (Å²) in [6.45, 7) is 4.80. The SMILES string of the molecule is COCCOc1ncccc1CNC(=O)c1cc([N+](=O)[O-])ccc1N1CCC(C)CC1. The number of amides is 1. The maximum absolute atomic E-state index is 13.1. The highest BCUT2D eigenvalue weighted by molar-refractivity contribution is 6.00. The van der Waals surface area contributed by atoms with E-state index in [1.807, 2.05) is 6.07 Å². The second-order valence-electron chi connectivity index (χ2n) is 7.62. The maximum Gasteiger partial charge on any atom is 0.270 e. The molecule has 0 aliphatic carbocycles. The van der Waals surface area contributed by atoms with Gasteiger partial charge in [0.25, 0.3) is 11.6 Å². The van der Waals surface area contributed by atoms with Crippen molar-refractivity contribution in [1.29, 1.82) is 0 Å². The summed E-state index contributed by atoms with van der Waals surface area (Å²) in [4.78, 5) is 30.2. The Hall–Kier alpha value is -3.20. The minimum Gasteiger partial charge on any atom is -0.475 e. The number of hydrogen-bond donors (Lipinski definition) is 1. The van der Waals surface area contributed by atoms with Crippen molar-refractivity contribution in [1.82, 2.24) is 10.3 Å². The number of non-ortho nitro benzene ring substituents is 1. The van der Waals surface area contributed by atoms with Crippen molar-refractivity contribution in [2.24, 2.45) is 5.92 Å². The molecule has 1 fully saturated rings. The van der Waals surface area contributed by atoms with E-state index in [1.165, 1.54) is 12.1 Å². The van der Waals surface area contributed by atoms with Crippen molar-refractivity contribution in [2.45, 2.75) is 26.3 Å². The van der Waals surface area contributed by atoms with Gasteiger partial charge in [0.15, 0.2) is 0 Å². The molecular formula is C22H28N4O5. The summed E-state index contributed by atoms with van der Waals surface area (Å²) in [5.74, 6) is 0.682. The third-order valence-electron chi connectivity index (χ3n) is 5.38. The number of aromatic nitrogens is 1. The third-order valence-corrected chi connectivity index (χ3v) is 5.38. The van der Waals surface area contributed by atoms with Crippen molar-refractivity contribution >= 4 is 17.3 Å². The maximum atomic E-state index is 13.1. The van der Waals surface area contributed by atoms with Crippen LogP contribution in [0.2, 0.25) is 0 Å². The van der Waals surface area contributed by atoms with Gasteiger partial charge in [-0.1, -0.05) is 13.0 Å². The molecule has 1 aliphatic rings. The standard InChI is InChI=1S/C22H28N4O5/c1-16-7-10-25(11-8-16)20-6-5-18(26(28)29)14-19(20)21(27)24-15-17-4-3-9-23-22(17)31-13-12-30-2/h3-6,9,14,16H,7-8,10-13,15H2,1-2H3,(H,24,27). The number of nitrogens with zero attached hydrogens (tertiary/aromatic N) is 3. The monoisotopic (exact) mass is 428 g/mol. The van der Waals surface area contributed by atoms with Crippen LogP contribution in [0.5, 0.6) is 5.88 Å². The summed E-state index contributed by atoms with van der Waals surface area (Å²) in [7, 11) is 1.59. The Balaban J connectivity index is 1.77. The van der Waals surface area contributed by atoms with Gasteiger partial charge in [0.1, 0.15) is 6.61 Å². The first-order valence-corrected chi connectivity index (χ1v) is 10.4. The van der Waals surface area contributed by atoms with E-state index in [0.29, 0.717) is 36.1 Å². The third kappa shape index (κ3) is 5.91. The van der Waals surface area contributed by atoms with Crippen LogP contribution in [0.4, 0.5) is 11.4 Å². The molecule has 0 saturated carbocycles. The highest BCUT2D eigenvalue weighted by Gasteiger charge is 2.23. The fourth-order valence-electron chi connectivity index (χ4n) is 3.53. The molecule has 1 N–H and O–H groups in total. The lowest BCUT2D eigenvalue weighted by Crippen LogP contribution is -2.35. The predicted octanol–water partition coefficient (Wildman–Crippen LogP) is 3.18. The number of benzene rings is 1.